The zero-order chi connectivity index (χ0) is 19.3. The van der Waals surface area contributed by atoms with Crippen molar-refractivity contribution in [3.05, 3.63) is 53.6 Å². The average Bonchev–Trinajstić information content (AvgIpc) is 2.79. The van der Waals surface area contributed by atoms with E-state index >= 15 is 0 Å². The van der Waals surface area contributed by atoms with Gasteiger partial charge < -0.3 is 9.64 Å². The summed E-state index contributed by atoms with van der Waals surface area (Å²) < 4.78 is 5.71. The monoisotopic (exact) mass is 374 g/mol. The van der Waals surface area contributed by atoms with E-state index in [0.717, 1.165) is 17.4 Å². The number of piperidine rings is 1. The van der Waals surface area contributed by atoms with Gasteiger partial charge in [0.15, 0.2) is 0 Å². The standard InChI is InChI=1S/C25H30N2O/c1-28-25-12-11-22(20-9-7-19(18-26)8-10-20)17-24(25)21-13-15-27(16-14-21)23-5-3-2-4-6-23/h7-12,17,21,23H,2-6,13-16H2,1H3. The molecule has 3 nitrogen and oxygen atoms in total. The molecule has 2 fully saturated rings. The van der Waals surface area contributed by atoms with Gasteiger partial charge in [-0.1, -0.05) is 37.5 Å². The predicted octanol–water partition coefficient (Wildman–Crippen LogP) is 5.75. The van der Waals surface area contributed by atoms with E-state index in [-0.39, 0.29) is 0 Å². The number of likely N-dealkylation sites (tertiary alicyclic amines) is 1. The molecule has 2 aliphatic rings. The van der Waals surface area contributed by atoms with Crippen LogP contribution in [0.3, 0.4) is 0 Å². The van der Waals surface area contributed by atoms with Crippen LogP contribution in [0.5, 0.6) is 5.75 Å². The molecule has 146 valence electrons. The van der Waals surface area contributed by atoms with Gasteiger partial charge in [-0.2, -0.15) is 5.26 Å². The summed E-state index contributed by atoms with van der Waals surface area (Å²) in [7, 11) is 1.78. The van der Waals surface area contributed by atoms with Gasteiger partial charge in [-0.3, -0.25) is 0 Å². The lowest BCUT2D eigenvalue weighted by atomic mass is 9.85. The van der Waals surface area contributed by atoms with Crippen LogP contribution in [0.4, 0.5) is 0 Å². The van der Waals surface area contributed by atoms with E-state index in [4.69, 9.17) is 10.00 Å². The van der Waals surface area contributed by atoms with Gasteiger partial charge in [-0.15, -0.1) is 0 Å². The summed E-state index contributed by atoms with van der Waals surface area (Å²) >= 11 is 0. The maximum absolute atomic E-state index is 9.03. The van der Waals surface area contributed by atoms with Crippen molar-refractivity contribution < 1.29 is 4.74 Å². The molecule has 1 aliphatic heterocycles. The summed E-state index contributed by atoms with van der Waals surface area (Å²) in [5, 5.41) is 9.03. The van der Waals surface area contributed by atoms with Crippen molar-refractivity contribution in [3.63, 3.8) is 0 Å². The Labute approximate surface area is 168 Å². The molecule has 0 amide bonds. The fourth-order valence-electron chi connectivity index (χ4n) is 4.99. The van der Waals surface area contributed by atoms with Crippen LogP contribution in [-0.4, -0.2) is 31.1 Å². The summed E-state index contributed by atoms with van der Waals surface area (Å²) in [5.41, 5.74) is 4.40. The summed E-state index contributed by atoms with van der Waals surface area (Å²) in [6.07, 6.45) is 9.44. The molecule has 28 heavy (non-hydrogen) atoms. The van der Waals surface area contributed by atoms with Crippen LogP contribution in [0.1, 0.15) is 62.0 Å². The van der Waals surface area contributed by atoms with Crippen LogP contribution in [-0.2, 0) is 0 Å². The molecule has 1 saturated carbocycles. The molecule has 0 radical (unpaired) electrons. The molecular weight excluding hydrogens is 344 g/mol. The largest absolute Gasteiger partial charge is 0.496 e. The van der Waals surface area contributed by atoms with Gasteiger partial charge >= 0.3 is 0 Å². The predicted molar refractivity (Wildman–Crippen MR) is 114 cm³/mol. The highest BCUT2D eigenvalue weighted by Crippen LogP contribution is 2.38. The third-order valence-electron chi connectivity index (χ3n) is 6.64. The summed E-state index contributed by atoms with van der Waals surface area (Å²) in [4.78, 5) is 2.74. The van der Waals surface area contributed by atoms with E-state index in [1.807, 2.05) is 24.3 Å². The zero-order valence-electron chi connectivity index (χ0n) is 16.9. The van der Waals surface area contributed by atoms with Gasteiger partial charge in [0, 0.05) is 6.04 Å². The fraction of sp³-hybridized carbons (Fsp3) is 0.480. The topological polar surface area (TPSA) is 36.3 Å². The van der Waals surface area contributed by atoms with Crippen LogP contribution in [0, 0.1) is 11.3 Å². The number of nitriles is 1. The summed E-state index contributed by atoms with van der Waals surface area (Å²) in [5.74, 6) is 1.57. The Morgan fingerprint density at radius 3 is 2.21 bits per heavy atom. The van der Waals surface area contributed by atoms with Gasteiger partial charge in [0.1, 0.15) is 5.75 Å². The number of rotatable bonds is 4. The van der Waals surface area contributed by atoms with Gasteiger partial charge in [0.05, 0.1) is 18.7 Å². The molecule has 4 rings (SSSR count). The van der Waals surface area contributed by atoms with Crippen LogP contribution in [0.2, 0.25) is 0 Å². The minimum atomic E-state index is 0.563. The Bertz CT molecular complexity index is 823. The Hall–Kier alpha value is -2.31. The number of hydrogen-bond donors (Lipinski definition) is 0. The van der Waals surface area contributed by atoms with Gasteiger partial charge in [0.2, 0.25) is 0 Å². The number of benzene rings is 2. The van der Waals surface area contributed by atoms with Crippen LogP contribution in [0.15, 0.2) is 42.5 Å². The first-order chi connectivity index (χ1) is 13.8. The molecule has 0 N–H and O–H groups in total. The maximum Gasteiger partial charge on any atom is 0.122 e. The second-order valence-corrected chi connectivity index (χ2v) is 8.25. The number of methoxy groups -OCH3 is 1. The number of nitrogens with zero attached hydrogens (tertiary/aromatic N) is 2. The Morgan fingerprint density at radius 1 is 0.893 bits per heavy atom. The first kappa shape index (κ1) is 19.0. The minimum Gasteiger partial charge on any atom is -0.496 e. The van der Waals surface area contributed by atoms with Crippen molar-refractivity contribution >= 4 is 0 Å². The lowest BCUT2D eigenvalue weighted by molar-refractivity contribution is 0.121. The maximum atomic E-state index is 9.03. The van der Waals surface area contributed by atoms with E-state index in [1.165, 1.54) is 69.2 Å². The normalized spacial score (nSPS) is 19.3. The zero-order valence-corrected chi connectivity index (χ0v) is 16.9. The number of ether oxygens (including phenoxy) is 1. The smallest absolute Gasteiger partial charge is 0.122 e. The molecule has 3 heteroatoms. The van der Waals surface area contributed by atoms with Crippen LogP contribution in [0.25, 0.3) is 11.1 Å². The molecule has 1 saturated heterocycles. The van der Waals surface area contributed by atoms with Crippen molar-refractivity contribution in [2.45, 2.75) is 56.9 Å². The SMILES string of the molecule is COc1ccc(-c2ccc(C#N)cc2)cc1C1CCN(C2CCCCC2)CC1. The highest BCUT2D eigenvalue weighted by molar-refractivity contribution is 5.66. The molecule has 1 aliphatic carbocycles. The molecular formula is C25H30N2O. The molecule has 1 heterocycles. The van der Waals surface area contributed by atoms with Gasteiger partial charge in [-0.05, 0) is 85.6 Å². The Morgan fingerprint density at radius 2 is 1.57 bits per heavy atom. The molecule has 0 unspecified atom stereocenters. The molecule has 0 spiro atoms. The van der Waals surface area contributed by atoms with E-state index < -0.39 is 0 Å². The first-order valence-electron chi connectivity index (χ1n) is 10.7. The van der Waals surface area contributed by atoms with E-state index in [9.17, 15) is 0 Å². The minimum absolute atomic E-state index is 0.563. The highest BCUT2D eigenvalue weighted by Gasteiger charge is 2.28. The van der Waals surface area contributed by atoms with Crippen LogP contribution >= 0.6 is 0 Å². The average molecular weight is 375 g/mol. The highest BCUT2D eigenvalue weighted by atomic mass is 16.5. The first-order valence-corrected chi connectivity index (χ1v) is 10.7. The molecule has 0 bridgehead atoms. The van der Waals surface area contributed by atoms with Crippen molar-refractivity contribution in [2.75, 3.05) is 20.2 Å². The van der Waals surface area contributed by atoms with Crippen LogP contribution < -0.4 is 4.74 Å². The molecule has 0 aromatic heterocycles. The van der Waals surface area contributed by atoms with E-state index in [2.05, 4.69) is 29.2 Å². The van der Waals surface area contributed by atoms with Crippen molar-refractivity contribution in [2.24, 2.45) is 0 Å². The van der Waals surface area contributed by atoms with E-state index in [0.29, 0.717) is 11.5 Å². The summed E-state index contributed by atoms with van der Waals surface area (Å²) in [6.45, 7) is 2.42. The second-order valence-electron chi connectivity index (χ2n) is 8.25. The third kappa shape index (κ3) is 4.08. The fourth-order valence-corrected chi connectivity index (χ4v) is 4.99. The quantitative estimate of drug-likeness (QED) is 0.684. The molecule has 0 atom stereocenters. The Kier molecular flexibility index (Phi) is 5.98. The van der Waals surface area contributed by atoms with Gasteiger partial charge in [-0.25, -0.2) is 0 Å². The third-order valence-corrected chi connectivity index (χ3v) is 6.64. The molecule has 2 aromatic rings. The van der Waals surface area contributed by atoms with E-state index in [1.54, 1.807) is 7.11 Å². The Balaban J connectivity index is 1.51. The lowest BCUT2D eigenvalue weighted by Gasteiger charge is -2.39. The molecule has 2 aromatic carbocycles. The summed E-state index contributed by atoms with van der Waals surface area (Å²) in [6, 6.07) is 17.4. The van der Waals surface area contributed by atoms with Crippen molar-refractivity contribution in [3.8, 4) is 22.9 Å². The van der Waals surface area contributed by atoms with Gasteiger partial charge in [0.25, 0.3) is 0 Å². The lowest BCUT2D eigenvalue weighted by Crippen LogP contribution is -2.41. The van der Waals surface area contributed by atoms with Crippen molar-refractivity contribution in [1.29, 1.82) is 5.26 Å². The van der Waals surface area contributed by atoms with Crippen molar-refractivity contribution in [1.82, 2.24) is 4.90 Å². The number of hydrogen-bond acceptors (Lipinski definition) is 3. The second kappa shape index (κ2) is 8.80.